The highest BCUT2D eigenvalue weighted by atomic mass is 35.5. The number of rotatable bonds is 3. The van der Waals surface area contributed by atoms with Crippen molar-refractivity contribution in [3.8, 4) is 16.9 Å². The lowest BCUT2D eigenvalue weighted by Gasteiger charge is -2.25. The number of alkyl halides is 3. The first-order chi connectivity index (χ1) is 11.6. The molecule has 8 heteroatoms. The third-order valence-corrected chi connectivity index (χ3v) is 3.65. The average molecular weight is 373 g/mol. The molecular formula is C17H16ClF3N2O2. The van der Waals surface area contributed by atoms with E-state index in [2.05, 4.69) is 4.74 Å². The number of nitrogens with zero attached hydrogens (tertiary/aromatic N) is 2. The molecule has 2 aromatic rings. The maximum Gasteiger partial charge on any atom is 0.573 e. The van der Waals surface area contributed by atoms with Crippen LogP contribution in [0.5, 0.6) is 5.75 Å². The first kappa shape index (κ1) is 18.9. The molecule has 0 fully saturated rings. The number of carbonyl (C=O) groups is 1. The molecule has 25 heavy (non-hydrogen) atoms. The van der Waals surface area contributed by atoms with E-state index in [1.807, 2.05) is 0 Å². The van der Waals surface area contributed by atoms with E-state index in [0.29, 0.717) is 10.6 Å². The Bertz CT molecular complexity index is 761. The number of benzene rings is 2. The van der Waals surface area contributed by atoms with Crippen LogP contribution in [0.3, 0.4) is 0 Å². The SMILES string of the molecule is CN(C)C(=O)N(C)c1cc(-c2ccc(Cl)cc2)ccc1OC(F)(F)F. The van der Waals surface area contributed by atoms with Crippen LogP contribution in [-0.2, 0) is 0 Å². The second-order valence-corrected chi connectivity index (χ2v) is 5.91. The summed E-state index contributed by atoms with van der Waals surface area (Å²) in [6.07, 6.45) is -4.86. The molecule has 0 N–H and O–H groups in total. The lowest BCUT2D eigenvalue weighted by molar-refractivity contribution is -0.274. The summed E-state index contributed by atoms with van der Waals surface area (Å²) in [4.78, 5) is 14.5. The van der Waals surface area contributed by atoms with Gasteiger partial charge in [0.1, 0.15) is 0 Å². The molecular weight excluding hydrogens is 357 g/mol. The molecule has 0 spiro atoms. The van der Waals surface area contributed by atoms with Gasteiger partial charge in [-0.05, 0) is 35.4 Å². The maximum absolute atomic E-state index is 12.7. The molecule has 0 heterocycles. The van der Waals surface area contributed by atoms with Crippen LogP contribution in [0.2, 0.25) is 5.02 Å². The van der Waals surface area contributed by atoms with Gasteiger partial charge in [-0.1, -0.05) is 29.8 Å². The molecule has 134 valence electrons. The van der Waals surface area contributed by atoms with E-state index in [-0.39, 0.29) is 5.69 Å². The van der Waals surface area contributed by atoms with Crippen molar-refractivity contribution in [2.75, 3.05) is 26.0 Å². The van der Waals surface area contributed by atoms with Crippen LogP contribution in [-0.4, -0.2) is 38.4 Å². The monoisotopic (exact) mass is 372 g/mol. The Morgan fingerprint density at radius 3 is 2.08 bits per heavy atom. The minimum atomic E-state index is -4.86. The van der Waals surface area contributed by atoms with Crippen LogP contribution >= 0.6 is 11.6 Å². The molecule has 0 bridgehead atoms. The summed E-state index contributed by atoms with van der Waals surface area (Å²) < 4.78 is 42.0. The molecule has 2 rings (SSSR count). The fourth-order valence-electron chi connectivity index (χ4n) is 2.22. The predicted molar refractivity (Wildman–Crippen MR) is 91.1 cm³/mol. The fourth-order valence-corrected chi connectivity index (χ4v) is 2.34. The van der Waals surface area contributed by atoms with Gasteiger partial charge in [0.25, 0.3) is 0 Å². The van der Waals surface area contributed by atoms with Crippen LogP contribution in [0.25, 0.3) is 11.1 Å². The quantitative estimate of drug-likeness (QED) is 0.757. The molecule has 0 aliphatic rings. The summed E-state index contributed by atoms with van der Waals surface area (Å²) in [5.41, 5.74) is 1.37. The maximum atomic E-state index is 12.7. The summed E-state index contributed by atoms with van der Waals surface area (Å²) in [6.45, 7) is 0. The van der Waals surface area contributed by atoms with Gasteiger partial charge in [0.2, 0.25) is 0 Å². The Labute approximate surface area is 148 Å². The Kier molecular flexibility index (Phi) is 5.47. The number of ether oxygens (including phenoxy) is 1. The highest BCUT2D eigenvalue weighted by Gasteiger charge is 2.33. The van der Waals surface area contributed by atoms with Gasteiger partial charge in [-0.3, -0.25) is 4.90 Å². The van der Waals surface area contributed by atoms with Gasteiger partial charge in [0.15, 0.2) is 5.75 Å². The van der Waals surface area contributed by atoms with Crippen molar-refractivity contribution in [2.45, 2.75) is 6.36 Å². The molecule has 2 aromatic carbocycles. The van der Waals surface area contributed by atoms with Gasteiger partial charge < -0.3 is 9.64 Å². The second-order valence-electron chi connectivity index (χ2n) is 5.47. The molecule has 0 unspecified atom stereocenters. The zero-order chi connectivity index (χ0) is 18.8. The van der Waals surface area contributed by atoms with Crippen LogP contribution in [0.1, 0.15) is 0 Å². The number of carbonyl (C=O) groups excluding carboxylic acids is 1. The van der Waals surface area contributed by atoms with Crippen LogP contribution in [0.4, 0.5) is 23.7 Å². The molecule has 0 atom stereocenters. The number of hydrogen-bond acceptors (Lipinski definition) is 2. The van der Waals surface area contributed by atoms with Crippen molar-refractivity contribution >= 4 is 23.3 Å². The van der Waals surface area contributed by atoms with Crippen molar-refractivity contribution in [3.05, 3.63) is 47.5 Å². The van der Waals surface area contributed by atoms with E-state index < -0.39 is 18.1 Å². The first-order valence-corrected chi connectivity index (χ1v) is 7.57. The van der Waals surface area contributed by atoms with Gasteiger partial charge in [-0.15, -0.1) is 13.2 Å². The summed E-state index contributed by atoms with van der Waals surface area (Å²) in [7, 11) is 4.39. The van der Waals surface area contributed by atoms with Gasteiger partial charge in [-0.25, -0.2) is 4.79 Å². The van der Waals surface area contributed by atoms with Crippen LogP contribution < -0.4 is 9.64 Å². The van der Waals surface area contributed by atoms with Crippen molar-refractivity contribution < 1.29 is 22.7 Å². The number of halogens is 4. The summed E-state index contributed by atoms with van der Waals surface area (Å²) in [5, 5.41) is 0.543. The lowest BCUT2D eigenvalue weighted by atomic mass is 10.0. The summed E-state index contributed by atoms with van der Waals surface area (Å²) in [5.74, 6) is -0.456. The largest absolute Gasteiger partial charge is 0.573 e. The van der Waals surface area contributed by atoms with E-state index >= 15 is 0 Å². The minimum absolute atomic E-state index is 0.00322. The predicted octanol–water partition coefficient (Wildman–Crippen LogP) is 5.02. The molecule has 0 aliphatic carbocycles. The highest BCUT2D eigenvalue weighted by molar-refractivity contribution is 6.30. The molecule has 0 saturated heterocycles. The number of anilines is 1. The first-order valence-electron chi connectivity index (χ1n) is 7.19. The van der Waals surface area contributed by atoms with E-state index in [4.69, 9.17) is 11.6 Å². The lowest BCUT2D eigenvalue weighted by Crippen LogP contribution is -2.36. The van der Waals surface area contributed by atoms with Gasteiger partial charge >= 0.3 is 12.4 Å². The number of urea groups is 1. The van der Waals surface area contributed by atoms with Gasteiger partial charge in [0, 0.05) is 26.2 Å². The smallest absolute Gasteiger partial charge is 0.404 e. The Morgan fingerprint density at radius 1 is 1.00 bits per heavy atom. The van der Waals surface area contributed by atoms with Crippen molar-refractivity contribution in [2.24, 2.45) is 0 Å². The highest BCUT2D eigenvalue weighted by Crippen LogP contribution is 2.36. The van der Waals surface area contributed by atoms with E-state index in [9.17, 15) is 18.0 Å². The second kappa shape index (κ2) is 7.23. The topological polar surface area (TPSA) is 32.8 Å². The van der Waals surface area contributed by atoms with E-state index in [1.165, 1.54) is 44.2 Å². The van der Waals surface area contributed by atoms with Crippen LogP contribution in [0, 0.1) is 0 Å². The summed E-state index contributed by atoms with van der Waals surface area (Å²) >= 11 is 5.85. The third-order valence-electron chi connectivity index (χ3n) is 3.39. The van der Waals surface area contributed by atoms with Crippen LogP contribution in [0.15, 0.2) is 42.5 Å². The van der Waals surface area contributed by atoms with Gasteiger partial charge in [-0.2, -0.15) is 0 Å². The molecule has 0 aliphatic heterocycles. The van der Waals surface area contributed by atoms with Crippen molar-refractivity contribution in [3.63, 3.8) is 0 Å². The standard InChI is InChI=1S/C17H16ClF3N2O2/c1-22(2)16(24)23(3)14-10-12(11-4-7-13(18)8-5-11)6-9-15(14)25-17(19,20)21/h4-10H,1-3H3. The Hall–Kier alpha value is -2.41. The third kappa shape index (κ3) is 4.79. The van der Waals surface area contributed by atoms with Crippen molar-refractivity contribution in [1.29, 1.82) is 0 Å². The van der Waals surface area contributed by atoms with Gasteiger partial charge in [0.05, 0.1) is 5.69 Å². The average Bonchev–Trinajstić information content (AvgIpc) is 2.53. The summed E-state index contributed by atoms with van der Waals surface area (Å²) in [6, 6.07) is 10.5. The zero-order valence-corrected chi connectivity index (χ0v) is 14.5. The molecule has 0 saturated carbocycles. The molecule has 0 aromatic heterocycles. The molecule has 2 amide bonds. The van der Waals surface area contributed by atoms with Crippen molar-refractivity contribution in [1.82, 2.24) is 4.90 Å². The van der Waals surface area contributed by atoms with E-state index in [0.717, 1.165) is 10.5 Å². The number of amides is 2. The fraction of sp³-hybridized carbons (Fsp3) is 0.235. The molecule has 0 radical (unpaired) electrons. The minimum Gasteiger partial charge on any atom is -0.404 e. The number of hydrogen-bond donors (Lipinski definition) is 0. The Morgan fingerprint density at radius 2 is 1.56 bits per heavy atom. The molecule has 4 nitrogen and oxygen atoms in total. The Balaban J connectivity index is 2.51. The zero-order valence-electron chi connectivity index (χ0n) is 13.8. The normalized spacial score (nSPS) is 11.2. The van der Waals surface area contributed by atoms with E-state index in [1.54, 1.807) is 24.3 Å².